The fourth-order valence-electron chi connectivity index (χ4n) is 2.28. The van der Waals surface area contributed by atoms with Gasteiger partial charge in [-0.1, -0.05) is 0 Å². The molecule has 0 aromatic carbocycles. The highest BCUT2D eigenvalue weighted by molar-refractivity contribution is 9.10. The maximum atomic E-state index is 4.60. The molecule has 0 spiro atoms. The zero-order valence-electron chi connectivity index (χ0n) is 8.86. The van der Waals surface area contributed by atoms with Crippen LogP contribution < -0.4 is 5.32 Å². The second kappa shape index (κ2) is 4.14. The van der Waals surface area contributed by atoms with Gasteiger partial charge in [0.05, 0.1) is 0 Å². The van der Waals surface area contributed by atoms with Crippen molar-refractivity contribution in [1.29, 1.82) is 0 Å². The fraction of sp³-hybridized carbons (Fsp3) is 0.455. The molecule has 0 bridgehead atoms. The molecule has 0 saturated carbocycles. The van der Waals surface area contributed by atoms with E-state index in [9.17, 15) is 0 Å². The number of nitrogens with zero attached hydrogens (tertiary/aromatic N) is 3. The third-order valence-electron chi connectivity index (χ3n) is 3.09. The first-order valence-electron chi connectivity index (χ1n) is 5.55. The Kier molecular flexibility index (Phi) is 2.65. The molecular formula is C11H13BrN4. The minimum atomic E-state index is 0.546. The van der Waals surface area contributed by atoms with Gasteiger partial charge in [0.2, 0.25) is 0 Å². The molecule has 0 unspecified atom stereocenters. The molecule has 2 aromatic rings. The van der Waals surface area contributed by atoms with E-state index in [1.807, 2.05) is 12.3 Å². The molecule has 1 saturated heterocycles. The number of imidazole rings is 1. The van der Waals surface area contributed by atoms with Crippen molar-refractivity contribution in [3.8, 4) is 0 Å². The normalized spacial score (nSPS) is 18.1. The highest BCUT2D eigenvalue weighted by Gasteiger charge is 2.21. The lowest BCUT2D eigenvalue weighted by molar-refractivity contribution is 0.443. The van der Waals surface area contributed by atoms with Crippen LogP contribution in [0, 0.1) is 0 Å². The first-order valence-corrected chi connectivity index (χ1v) is 6.35. The van der Waals surface area contributed by atoms with Crippen LogP contribution in [0.1, 0.15) is 24.6 Å². The Balaban J connectivity index is 2.08. The zero-order valence-corrected chi connectivity index (χ0v) is 10.4. The SMILES string of the molecule is Brc1nc(C2CCNCC2)n2cccnc12. The van der Waals surface area contributed by atoms with E-state index in [-0.39, 0.29) is 0 Å². The average Bonchev–Trinajstić information content (AvgIpc) is 2.69. The first-order chi connectivity index (χ1) is 7.86. The summed E-state index contributed by atoms with van der Waals surface area (Å²) in [6, 6.07) is 1.95. The Bertz CT molecular complexity index is 502. The number of hydrogen-bond donors (Lipinski definition) is 1. The Morgan fingerprint density at radius 1 is 1.38 bits per heavy atom. The number of rotatable bonds is 1. The molecule has 1 aliphatic heterocycles. The van der Waals surface area contributed by atoms with Gasteiger partial charge in [-0.3, -0.25) is 4.40 Å². The highest BCUT2D eigenvalue weighted by atomic mass is 79.9. The number of aromatic nitrogens is 3. The van der Waals surface area contributed by atoms with Crippen LogP contribution in [-0.4, -0.2) is 27.5 Å². The van der Waals surface area contributed by atoms with E-state index >= 15 is 0 Å². The van der Waals surface area contributed by atoms with Gasteiger partial charge in [0, 0.05) is 18.3 Å². The Morgan fingerprint density at radius 2 is 2.19 bits per heavy atom. The molecular weight excluding hydrogens is 268 g/mol. The number of nitrogens with one attached hydrogen (secondary N) is 1. The molecule has 4 nitrogen and oxygen atoms in total. The topological polar surface area (TPSA) is 42.2 Å². The minimum Gasteiger partial charge on any atom is -0.317 e. The predicted molar refractivity (Wildman–Crippen MR) is 65.5 cm³/mol. The Morgan fingerprint density at radius 3 is 3.00 bits per heavy atom. The summed E-state index contributed by atoms with van der Waals surface area (Å²) in [4.78, 5) is 8.94. The maximum Gasteiger partial charge on any atom is 0.171 e. The van der Waals surface area contributed by atoms with Crippen molar-refractivity contribution in [3.63, 3.8) is 0 Å². The van der Waals surface area contributed by atoms with Crippen LogP contribution in [-0.2, 0) is 0 Å². The lowest BCUT2D eigenvalue weighted by Crippen LogP contribution is -2.27. The second-order valence-electron chi connectivity index (χ2n) is 4.10. The van der Waals surface area contributed by atoms with Crippen LogP contribution in [0.3, 0.4) is 0 Å². The molecule has 3 rings (SSSR count). The molecule has 3 heterocycles. The van der Waals surface area contributed by atoms with Gasteiger partial charge in [0.15, 0.2) is 10.3 Å². The van der Waals surface area contributed by atoms with Crippen LogP contribution in [0.4, 0.5) is 0 Å². The molecule has 1 N–H and O–H groups in total. The van der Waals surface area contributed by atoms with Gasteiger partial charge in [-0.05, 0) is 47.9 Å². The van der Waals surface area contributed by atoms with E-state index in [0.29, 0.717) is 5.92 Å². The van der Waals surface area contributed by atoms with Crippen molar-refractivity contribution in [3.05, 3.63) is 28.9 Å². The lowest BCUT2D eigenvalue weighted by atomic mass is 9.97. The summed E-state index contributed by atoms with van der Waals surface area (Å²) in [7, 11) is 0. The summed E-state index contributed by atoms with van der Waals surface area (Å²) in [6.45, 7) is 2.16. The maximum absolute atomic E-state index is 4.60. The summed E-state index contributed by atoms with van der Waals surface area (Å²) >= 11 is 3.47. The summed E-state index contributed by atoms with van der Waals surface area (Å²) in [5.74, 6) is 1.68. The van der Waals surface area contributed by atoms with E-state index in [1.165, 1.54) is 0 Å². The predicted octanol–water partition coefficient (Wildman–Crippen LogP) is 1.96. The first kappa shape index (κ1) is 10.2. The van der Waals surface area contributed by atoms with Crippen molar-refractivity contribution in [2.45, 2.75) is 18.8 Å². The average molecular weight is 281 g/mol. The zero-order chi connectivity index (χ0) is 11.0. The molecule has 0 radical (unpaired) electrons. The van der Waals surface area contributed by atoms with Gasteiger partial charge in [0.25, 0.3) is 0 Å². The largest absolute Gasteiger partial charge is 0.317 e. The molecule has 16 heavy (non-hydrogen) atoms. The number of piperidine rings is 1. The van der Waals surface area contributed by atoms with Crippen molar-refractivity contribution in [2.24, 2.45) is 0 Å². The molecule has 5 heteroatoms. The molecule has 1 fully saturated rings. The van der Waals surface area contributed by atoms with Gasteiger partial charge in [-0.25, -0.2) is 9.97 Å². The van der Waals surface area contributed by atoms with Crippen LogP contribution in [0.2, 0.25) is 0 Å². The van der Waals surface area contributed by atoms with Gasteiger partial charge in [-0.2, -0.15) is 0 Å². The molecule has 0 amide bonds. The minimum absolute atomic E-state index is 0.546. The van der Waals surface area contributed by atoms with Crippen molar-refractivity contribution in [2.75, 3.05) is 13.1 Å². The summed E-state index contributed by atoms with van der Waals surface area (Å²) < 4.78 is 2.95. The number of halogens is 1. The van der Waals surface area contributed by atoms with Gasteiger partial charge in [0.1, 0.15) is 5.82 Å². The smallest absolute Gasteiger partial charge is 0.171 e. The standard InChI is InChI=1S/C11H13BrN4/c12-9-11-14-4-1-7-16(11)10(15-9)8-2-5-13-6-3-8/h1,4,7-8,13H,2-3,5-6H2. The van der Waals surface area contributed by atoms with Crippen LogP contribution in [0.15, 0.2) is 23.1 Å². The lowest BCUT2D eigenvalue weighted by Gasteiger charge is -2.21. The quantitative estimate of drug-likeness (QED) is 0.869. The van der Waals surface area contributed by atoms with Gasteiger partial charge < -0.3 is 5.32 Å². The monoisotopic (exact) mass is 280 g/mol. The molecule has 84 valence electrons. The van der Waals surface area contributed by atoms with Crippen LogP contribution in [0.5, 0.6) is 0 Å². The molecule has 1 aliphatic rings. The van der Waals surface area contributed by atoms with Crippen LogP contribution >= 0.6 is 15.9 Å². The second-order valence-corrected chi connectivity index (χ2v) is 4.85. The van der Waals surface area contributed by atoms with Crippen molar-refractivity contribution < 1.29 is 0 Å². The Hall–Kier alpha value is -0.940. The van der Waals surface area contributed by atoms with Gasteiger partial charge >= 0.3 is 0 Å². The summed E-state index contributed by atoms with van der Waals surface area (Å²) in [5, 5.41) is 3.37. The van der Waals surface area contributed by atoms with E-state index in [1.54, 1.807) is 6.20 Å². The highest BCUT2D eigenvalue weighted by Crippen LogP contribution is 2.27. The van der Waals surface area contributed by atoms with Gasteiger partial charge in [-0.15, -0.1) is 0 Å². The molecule has 0 aliphatic carbocycles. The number of hydrogen-bond acceptors (Lipinski definition) is 3. The van der Waals surface area contributed by atoms with E-state index in [0.717, 1.165) is 42.0 Å². The van der Waals surface area contributed by atoms with Crippen molar-refractivity contribution in [1.82, 2.24) is 19.7 Å². The third kappa shape index (κ3) is 1.64. The van der Waals surface area contributed by atoms with Crippen LogP contribution in [0.25, 0.3) is 5.65 Å². The van der Waals surface area contributed by atoms with E-state index < -0.39 is 0 Å². The fourth-order valence-corrected chi connectivity index (χ4v) is 2.76. The Labute approximate surface area is 102 Å². The van der Waals surface area contributed by atoms with Crippen molar-refractivity contribution >= 4 is 21.6 Å². The number of fused-ring (bicyclic) bond motifs is 1. The van der Waals surface area contributed by atoms with E-state index in [2.05, 4.69) is 35.6 Å². The van der Waals surface area contributed by atoms with E-state index in [4.69, 9.17) is 0 Å². The molecule has 0 atom stereocenters. The third-order valence-corrected chi connectivity index (χ3v) is 3.63. The molecule has 2 aromatic heterocycles. The summed E-state index contributed by atoms with van der Waals surface area (Å²) in [6.07, 6.45) is 6.15. The summed E-state index contributed by atoms with van der Waals surface area (Å²) in [5.41, 5.74) is 0.913.